The normalized spacial score (nSPS) is 12.4. The van der Waals surface area contributed by atoms with Crippen LogP contribution in [0.5, 0.6) is 0 Å². The molecule has 0 aliphatic heterocycles. The Morgan fingerprint density at radius 3 is 2.71 bits per heavy atom. The first-order valence-corrected chi connectivity index (χ1v) is 5.37. The van der Waals surface area contributed by atoms with Gasteiger partial charge in [0, 0.05) is 23.6 Å². The molecule has 0 spiro atoms. The number of nitrogen functional groups attached to an aromatic ring is 1. The molecule has 0 aliphatic carbocycles. The molecule has 0 saturated heterocycles. The monoisotopic (exact) mass is 251 g/mol. The second-order valence-electron chi connectivity index (χ2n) is 3.66. The van der Waals surface area contributed by atoms with Gasteiger partial charge >= 0.3 is 0 Å². The van der Waals surface area contributed by atoms with Crippen LogP contribution in [0, 0.1) is 5.82 Å². The van der Waals surface area contributed by atoms with Gasteiger partial charge in [-0.1, -0.05) is 17.7 Å². The number of benzene rings is 1. The average Bonchev–Trinajstić information content (AvgIpc) is 2.32. The summed E-state index contributed by atoms with van der Waals surface area (Å²) in [6.07, 6.45) is 3.18. The fourth-order valence-corrected chi connectivity index (χ4v) is 1.75. The Morgan fingerprint density at radius 1 is 1.29 bits per heavy atom. The Balaban J connectivity index is 2.40. The first-order valence-electron chi connectivity index (χ1n) is 4.99. The van der Waals surface area contributed by atoms with Crippen molar-refractivity contribution in [1.29, 1.82) is 0 Å². The van der Waals surface area contributed by atoms with Crippen LogP contribution < -0.4 is 11.5 Å². The zero-order valence-corrected chi connectivity index (χ0v) is 9.66. The Hall–Kier alpha value is -1.65. The second kappa shape index (κ2) is 4.69. The fraction of sp³-hybridized carbons (Fsp3) is 0.0833. The van der Waals surface area contributed by atoms with Crippen molar-refractivity contribution >= 4 is 17.3 Å². The molecule has 2 rings (SSSR count). The third kappa shape index (κ3) is 2.38. The summed E-state index contributed by atoms with van der Waals surface area (Å²) in [5.41, 5.74) is 13.8. The van der Waals surface area contributed by atoms with E-state index >= 15 is 0 Å². The topological polar surface area (TPSA) is 64.9 Å². The van der Waals surface area contributed by atoms with Crippen LogP contribution in [0.15, 0.2) is 36.7 Å². The molecule has 1 aromatic carbocycles. The van der Waals surface area contributed by atoms with Gasteiger partial charge in [-0.3, -0.25) is 4.98 Å². The van der Waals surface area contributed by atoms with E-state index in [-0.39, 0.29) is 5.02 Å². The maximum absolute atomic E-state index is 13.0. The largest absolute Gasteiger partial charge is 0.398 e. The molecule has 5 heteroatoms. The Labute approximate surface area is 103 Å². The van der Waals surface area contributed by atoms with Gasteiger partial charge in [-0.15, -0.1) is 0 Å². The molecule has 0 fully saturated rings. The predicted molar refractivity (Wildman–Crippen MR) is 66.1 cm³/mol. The van der Waals surface area contributed by atoms with Crippen LogP contribution in [0.1, 0.15) is 17.2 Å². The van der Waals surface area contributed by atoms with Crippen molar-refractivity contribution in [2.45, 2.75) is 6.04 Å². The molecular weight excluding hydrogens is 241 g/mol. The number of nitrogens with zero attached hydrogens (tertiary/aromatic N) is 1. The Kier molecular flexibility index (Phi) is 3.26. The summed E-state index contributed by atoms with van der Waals surface area (Å²) in [7, 11) is 0. The van der Waals surface area contributed by atoms with Crippen molar-refractivity contribution in [2.24, 2.45) is 5.73 Å². The molecule has 2 aromatic rings. The van der Waals surface area contributed by atoms with E-state index < -0.39 is 11.9 Å². The number of hydrogen-bond acceptors (Lipinski definition) is 3. The molecule has 1 unspecified atom stereocenters. The van der Waals surface area contributed by atoms with E-state index in [4.69, 9.17) is 23.1 Å². The third-order valence-corrected chi connectivity index (χ3v) is 2.81. The highest BCUT2D eigenvalue weighted by molar-refractivity contribution is 6.30. The van der Waals surface area contributed by atoms with E-state index in [1.165, 1.54) is 12.1 Å². The number of anilines is 1. The highest BCUT2D eigenvalue weighted by Crippen LogP contribution is 2.26. The molecule has 1 aromatic heterocycles. The lowest BCUT2D eigenvalue weighted by atomic mass is 10.00. The molecule has 0 amide bonds. The molecule has 0 aliphatic rings. The van der Waals surface area contributed by atoms with Gasteiger partial charge in [0.1, 0.15) is 5.82 Å². The summed E-state index contributed by atoms with van der Waals surface area (Å²) in [4.78, 5) is 3.97. The van der Waals surface area contributed by atoms with Crippen molar-refractivity contribution in [3.05, 3.63) is 58.6 Å². The number of hydrogen-bond donors (Lipinski definition) is 2. The van der Waals surface area contributed by atoms with E-state index in [1.807, 2.05) is 0 Å². The first kappa shape index (κ1) is 11.8. The lowest BCUT2D eigenvalue weighted by molar-refractivity contribution is 0.627. The van der Waals surface area contributed by atoms with Crippen molar-refractivity contribution in [1.82, 2.24) is 4.98 Å². The molecule has 1 atom stereocenters. The van der Waals surface area contributed by atoms with E-state index in [1.54, 1.807) is 24.5 Å². The van der Waals surface area contributed by atoms with Crippen LogP contribution in [0.2, 0.25) is 5.02 Å². The molecule has 4 N–H and O–H groups in total. The maximum Gasteiger partial charge on any atom is 0.141 e. The lowest BCUT2D eigenvalue weighted by Gasteiger charge is -2.14. The van der Waals surface area contributed by atoms with Crippen LogP contribution in [0.3, 0.4) is 0 Å². The van der Waals surface area contributed by atoms with Crippen LogP contribution in [-0.4, -0.2) is 4.98 Å². The van der Waals surface area contributed by atoms with Crippen LogP contribution >= 0.6 is 11.6 Å². The van der Waals surface area contributed by atoms with Crippen LogP contribution in [0.25, 0.3) is 0 Å². The SMILES string of the molecule is Nc1ccncc1C(N)c1ccc(F)c(Cl)c1. The minimum Gasteiger partial charge on any atom is -0.398 e. The Morgan fingerprint density at radius 2 is 2.06 bits per heavy atom. The molecule has 0 bridgehead atoms. The minimum atomic E-state index is -0.471. The fourth-order valence-electron chi connectivity index (χ4n) is 1.56. The van der Waals surface area contributed by atoms with Gasteiger partial charge in [-0.2, -0.15) is 0 Å². The number of halogens is 2. The zero-order chi connectivity index (χ0) is 12.4. The number of pyridine rings is 1. The number of nitrogens with two attached hydrogens (primary N) is 2. The first-order chi connectivity index (χ1) is 8.09. The number of rotatable bonds is 2. The third-order valence-electron chi connectivity index (χ3n) is 2.52. The van der Waals surface area contributed by atoms with E-state index in [2.05, 4.69) is 4.98 Å². The van der Waals surface area contributed by atoms with Crippen LogP contribution in [-0.2, 0) is 0 Å². The lowest BCUT2D eigenvalue weighted by Crippen LogP contribution is -2.14. The summed E-state index contributed by atoms with van der Waals surface area (Å²) in [6.45, 7) is 0. The zero-order valence-electron chi connectivity index (χ0n) is 8.90. The summed E-state index contributed by atoms with van der Waals surface area (Å²) in [5, 5.41) is 0.0420. The van der Waals surface area contributed by atoms with Crippen molar-refractivity contribution in [3.8, 4) is 0 Å². The quantitative estimate of drug-likeness (QED) is 0.862. The standard InChI is InChI=1S/C12H11ClFN3/c13-9-5-7(1-2-10(9)14)12(16)8-6-17-4-3-11(8)15/h1-6,12H,16H2,(H2,15,17). The molecule has 0 radical (unpaired) electrons. The van der Waals surface area contributed by atoms with E-state index in [0.29, 0.717) is 16.8 Å². The van der Waals surface area contributed by atoms with Gasteiger partial charge in [-0.25, -0.2) is 4.39 Å². The van der Waals surface area contributed by atoms with Crippen LogP contribution in [0.4, 0.5) is 10.1 Å². The highest BCUT2D eigenvalue weighted by atomic mass is 35.5. The van der Waals surface area contributed by atoms with E-state index in [9.17, 15) is 4.39 Å². The maximum atomic E-state index is 13.0. The van der Waals surface area contributed by atoms with Gasteiger partial charge in [-0.05, 0) is 23.8 Å². The molecule has 3 nitrogen and oxygen atoms in total. The summed E-state index contributed by atoms with van der Waals surface area (Å²) < 4.78 is 13.0. The summed E-state index contributed by atoms with van der Waals surface area (Å²) >= 11 is 5.71. The summed E-state index contributed by atoms with van der Waals surface area (Å²) in [6, 6.07) is 5.55. The Bertz CT molecular complexity index is 545. The van der Waals surface area contributed by atoms with Crippen molar-refractivity contribution in [2.75, 3.05) is 5.73 Å². The number of aromatic nitrogens is 1. The smallest absolute Gasteiger partial charge is 0.141 e. The van der Waals surface area contributed by atoms with E-state index in [0.717, 1.165) is 0 Å². The van der Waals surface area contributed by atoms with Gasteiger partial charge in [0.2, 0.25) is 0 Å². The van der Waals surface area contributed by atoms with Gasteiger partial charge in [0.25, 0.3) is 0 Å². The molecule has 0 saturated carbocycles. The minimum absolute atomic E-state index is 0.0420. The predicted octanol–water partition coefficient (Wildman–Crippen LogP) is 2.50. The van der Waals surface area contributed by atoms with Gasteiger partial charge < -0.3 is 11.5 Å². The second-order valence-corrected chi connectivity index (χ2v) is 4.06. The van der Waals surface area contributed by atoms with Crippen molar-refractivity contribution in [3.63, 3.8) is 0 Å². The van der Waals surface area contributed by atoms with Gasteiger partial charge in [0.05, 0.1) is 11.1 Å². The van der Waals surface area contributed by atoms with Gasteiger partial charge in [0.15, 0.2) is 0 Å². The average molecular weight is 252 g/mol. The summed E-state index contributed by atoms with van der Waals surface area (Å²) in [5.74, 6) is -0.471. The molecule has 88 valence electrons. The molecular formula is C12H11ClFN3. The molecule has 1 heterocycles. The molecule has 17 heavy (non-hydrogen) atoms. The van der Waals surface area contributed by atoms with Crippen molar-refractivity contribution < 1.29 is 4.39 Å². The highest BCUT2D eigenvalue weighted by Gasteiger charge is 2.13.